The van der Waals surface area contributed by atoms with Gasteiger partial charge >= 0.3 is 11.7 Å². The molecule has 180 valence electrons. The van der Waals surface area contributed by atoms with Crippen molar-refractivity contribution in [2.75, 3.05) is 7.11 Å². The zero-order valence-corrected chi connectivity index (χ0v) is 19.6. The maximum Gasteiger partial charge on any atom is 0.337 e. The van der Waals surface area contributed by atoms with Crippen LogP contribution in [0.2, 0.25) is 0 Å². The summed E-state index contributed by atoms with van der Waals surface area (Å²) in [5.41, 5.74) is 0.888. The number of amides is 1. The number of benzene rings is 2. The van der Waals surface area contributed by atoms with Gasteiger partial charge in [0.25, 0.3) is 5.56 Å². The second-order valence-electron chi connectivity index (χ2n) is 8.44. The third-order valence-corrected chi connectivity index (χ3v) is 5.80. The Hall–Kier alpha value is -3.68. The molecule has 0 radical (unpaired) electrons. The number of hydrogen-bond acceptors (Lipinski definition) is 5. The lowest BCUT2D eigenvalue weighted by molar-refractivity contribution is -0.121. The zero-order valence-electron chi connectivity index (χ0n) is 19.6. The smallest absolute Gasteiger partial charge is 0.337 e. The molecule has 3 rings (SSSR count). The number of nitrogens with zero attached hydrogens (tertiary/aromatic N) is 1. The summed E-state index contributed by atoms with van der Waals surface area (Å²) in [5.74, 6) is -0.524. The molecule has 0 spiro atoms. The Labute approximate surface area is 198 Å². The summed E-state index contributed by atoms with van der Waals surface area (Å²) >= 11 is 0. The van der Waals surface area contributed by atoms with Crippen LogP contribution in [0, 0.1) is 0 Å². The highest BCUT2D eigenvalue weighted by Crippen LogP contribution is 2.11. The average molecular weight is 466 g/mol. The van der Waals surface area contributed by atoms with E-state index in [4.69, 9.17) is 0 Å². The van der Waals surface area contributed by atoms with E-state index < -0.39 is 17.2 Å². The van der Waals surface area contributed by atoms with E-state index in [9.17, 15) is 19.2 Å². The van der Waals surface area contributed by atoms with Crippen molar-refractivity contribution in [1.82, 2.24) is 14.9 Å². The summed E-state index contributed by atoms with van der Waals surface area (Å²) in [5, 5.41) is 3.36. The van der Waals surface area contributed by atoms with Crippen LogP contribution in [0.1, 0.15) is 54.9 Å². The average Bonchev–Trinajstić information content (AvgIpc) is 2.84. The van der Waals surface area contributed by atoms with E-state index >= 15 is 0 Å². The fraction of sp³-hybridized carbons (Fsp3) is 0.385. The molecule has 0 aliphatic heterocycles. The lowest BCUT2D eigenvalue weighted by atomic mass is 10.1. The number of carbonyl (C=O) groups excluding carboxylic acids is 2. The summed E-state index contributed by atoms with van der Waals surface area (Å²) < 4.78 is 5.83. The van der Waals surface area contributed by atoms with Gasteiger partial charge in [-0.05, 0) is 56.4 Å². The number of aromatic amines is 1. The molecule has 1 atom stereocenters. The number of rotatable bonds is 11. The lowest BCUT2D eigenvalue weighted by Crippen LogP contribution is -2.35. The summed E-state index contributed by atoms with van der Waals surface area (Å²) in [7, 11) is 1.27. The lowest BCUT2D eigenvalue weighted by Gasteiger charge is -2.14. The first-order chi connectivity index (χ1) is 16.4. The Bertz CT molecular complexity index is 1250. The molecule has 1 unspecified atom stereocenters. The van der Waals surface area contributed by atoms with Crippen molar-refractivity contribution in [2.45, 2.75) is 58.0 Å². The molecule has 0 saturated carbocycles. The first-order valence-electron chi connectivity index (χ1n) is 11.6. The van der Waals surface area contributed by atoms with Gasteiger partial charge in [0, 0.05) is 19.0 Å². The van der Waals surface area contributed by atoms with Crippen LogP contribution in [0.4, 0.5) is 0 Å². The van der Waals surface area contributed by atoms with Crippen molar-refractivity contribution in [3.05, 3.63) is 80.5 Å². The van der Waals surface area contributed by atoms with E-state index in [0.29, 0.717) is 30.2 Å². The number of fused-ring (bicyclic) bond motifs is 1. The molecule has 8 heteroatoms. The van der Waals surface area contributed by atoms with Crippen molar-refractivity contribution in [3.8, 4) is 0 Å². The first-order valence-corrected chi connectivity index (χ1v) is 11.6. The molecule has 0 saturated heterocycles. The van der Waals surface area contributed by atoms with E-state index in [-0.39, 0.29) is 24.1 Å². The Balaban J connectivity index is 1.44. The Kier molecular flexibility index (Phi) is 8.79. The van der Waals surface area contributed by atoms with Crippen LogP contribution >= 0.6 is 0 Å². The number of aromatic nitrogens is 2. The predicted octanol–water partition coefficient (Wildman–Crippen LogP) is 3.17. The van der Waals surface area contributed by atoms with E-state index in [2.05, 4.69) is 27.2 Å². The normalized spacial score (nSPS) is 11.8. The summed E-state index contributed by atoms with van der Waals surface area (Å²) in [4.78, 5) is 51.6. The maximum absolute atomic E-state index is 12.7. The quantitative estimate of drug-likeness (QED) is 0.334. The van der Waals surface area contributed by atoms with Gasteiger partial charge in [-0.15, -0.1) is 0 Å². The van der Waals surface area contributed by atoms with Crippen molar-refractivity contribution in [3.63, 3.8) is 0 Å². The molecule has 8 nitrogen and oxygen atoms in total. The van der Waals surface area contributed by atoms with Gasteiger partial charge in [0.1, 0.15) is 0 Å². The van der Waals surface area contributed by atoms with E-state index in [1.807, 2.05) is 25.1 Å². The molecule has 0 bridgehead atoms. The number of aryl methyl sites for hydroxylation is 1. The minimum Gasteiger partial charge on any atom is -0.465 e. The van der Waals surface area contributed by atoms with Gasteiger partial charge < -0.3 is 15.0 Å². The zero-order chi connectivity index (χ0) is 24.5. The van der Waals surface area contributed by atoms with Gasteiger partial charge in [-0.2, -0.15) is 0 Å². The largest absolute Gasteiger partial charge is 0.465 e. The van der Waals surface area contributed by atoms with Crippen LogP contribution in [0.3, 0.4) is 0 Å². The number of unbranched alkanes of at least 4 members (excludes halogenated alkanes) is 2. The minimum atomic E-state index is -0.540. The van der Waals surface area contributed by atoms with Gasteiger partial charge in [-0.1, -0.05) is 36.8 Å². The molecule has 1 heterocycles. The fourth-order valence-corrected chi connectivity index (χ4v) is 3.88. The van der Waals surface area contributed by atoms with Gasteiger partial charge in [0.2, 0.25) is 5.91 Å². The number of H-pyrrole nitrogens is 1. The van der Waals surface area contributed by atoms with Gasteiger partial charge in [0.05, 0.1) is 23.6 Å². The molecule has 1 amide bonds. The van der Waals surface area contributed by atoms with Crippen LogP contribution in [-0.4, -0.2) is 34.6 Å². The number of esters is 1. The standard InChI is InChI=1S/C26H31N3O5/c1-18(12-13-19-9-5-3-6-10-19)27-23(30)11-7-4-8-16-29-24(31)21-15-14-20(25(32)34-2)17-22(21)28-26(29)33/h3,5-6,9-10,14-15,17-18H,4,7-8,11-13,16H2,1-2H3,(H,27,30)(H,28,33). The highest BCUT2D eigenvalue weighted by Gasteiger charge is 2.12. The predicted molar refractivity (Wildman–Crippen MR) is 131 cm³/mol. The maximum atomic E-state index is 12.7. The second-order valence-corrected chi connectivity index (χ2v) is 8.44. The Morgan fingerprint density at radius 2 is 1.82 bits per heavy atom. The van der Waals surface area contributed by atoms with Crippen LogP contribution in [-0.2, 0) is 22.5 Å². The summed E-state index contributed by atoms with van der Waals surface area (Å²) in [6.45, 7) is 2.27. The minimum absolute atomic E-state index is 0.0164. The van der Waals surface area contributed by atoms with Crippen molar-refractivity contribution < 1.29 is 14.3 Å². The number of nitrogens with one attached hydrogen (secondary N) is 2. The van der Waals surface area contributed by atoms with E-state index in [1.54, 1.807) is 0 Å². The fourth-order valence-electron chi connectivity index (χ4n) is 3.88. The van der Waals surface area contributed by atoms with Crippen LogP contribution in [0.5, 0.6) is 0 Å². The molecule has 1 aromatic heterocycles. The third-order valence-electron chi connectivity index (χ3n) is 5.80. The molecule has 0 aliphatic rings. The highest BCUT2D eigenvalue weighted by molar-refractivity contribution is 5.93. The van der Waals surface area contributed by atoms with E-state index in [0.717, 1.165) is 23.8 Å². The number of carbonyl (C=O) groups is 2. The van der Waals surface area contributed by atoms with Crippen molar-refractivity contribution in [1.29, 1.82) is 0 Å². The van der Waals surface area contributed by atoms with Crippen molar-refractivity contribution in [2.24, 2.45) is 0 Å². The number of ether oxygens (including phenoxy) is 1. The highest BCUT2D eigenvalue weighted by atomic mass is 16.5. The van der Waals surface area contributed by atoms with Gasteiger partial charge in [-0.25, -0.2) is 9.59 Å². The first kappa shape index (κ1) is 25.0. The van der Waals surface area contributed by atoms with Crippen LogP contribution in [0.25, 0.3) is 10.9 Å². The molecule has 3 aromatic rings. The van der Waals surface area contributed by atoms with Crippen LogP contribution in [0.15, 0.2) is 58.1 Å². The molecule has 34 heavy (non-hydrogen) atoms. The molecule has 2 N–H and O–H groups in total. The number of hydrogen-bond donors (Lipinski definition) is 2. The Morgan fingerprint density at radius 1 is 1.06 bits per heavy atom. The monoisotopic (exact) mass is 465 g/mol. The SMILES string of the molecule is COC(=O)c1ccc2c(=O)n(CCCCCC(=O)NC(C)CCc3ccccc3)c(=O)[nH]c2c1. The molecule has 0 aliphatic carbocycles. The molecule has 2 aromatic carbocycles. The summed E-state index contributed by atoms with van der Waals surface area (Å²) in [6, 6.07) is 14.7. The van der Waals surface area contributed by atoms with E-state index in [1.165, 1.54) is 30.9 Å². The Morgan fingerprint density at radius 3 is 2.56 bits per heavy atom. The van der Waals surface area contributed by atoms with Gasteiger partial charge in [0.15, 0.2) is 0 Å². The molecular weight excluding hydrogens is 434 g/mol. The van der Waals surface area contributed by atoms with Crippen molar-refractivity contribution >= 4 is 22.8 Å². The third kappa shape index (κ3) is 6.66. The summed E-state index contributed by atoms with van der Waals surface area (Å²) in [6.07, 6.45) is 4.21. The molecule has 0 fully saturated rings. The second kappa shape index (κ2) is 12.0. The number of methoxy groups -OCH3 is 1. The molecular formula is C26H31N3O5. The van der Waals surface area contributed by atoms with Gasteiger partial charge in [-0.3, -0.25) is 14.2 Å². The van der Waals surface area contributed by atoms with Crippen LogP contribution < -0.4 is 16.6 Å². The topological polar surface area (TPSA) is 110 Å².